The Morgan fingerprint density at radius 1 is 1.07 bits per heavy atom. The van der Waals surface area contributed by atoms with Crippen LogP contribution in [0.1, 0.15) is 23.3 Å². The monoisotopic (exact) mass is 381 g/mol. The fraction of sp³-hybridized carbons (Fsp3) is 0.238. The Morgan fingerprint density at radius 2 is 1.81 bits per heavy atom. The molecule has 2 heterocycles. The summed E-state index contributed by atoms with van der Waals surface area (Å²) in [6.45, 7) is 1.58. The van der Waals surface area contributed by atoms with Gasteiger partial charge in [0.15, 0.2) is 0 Å². The molecule has 5 nitrogen and oxygen atoms in total. The first kappa shape index (κ1) is 17.6. The lowest BCUT2D eigenvalue weighted by Crippen LogP contribution is -2.29. The molecule has 0 unspecified atom stereocenters. The summed E-state index contributed by atoms with van der Waals surface area (Å²) >= 11 is 6.02. The van der Waals surface area contributed by atoms with Crippen LogP contribution in [0.2, 0.25) is 5.02 Å². The quantitative estimate of drug-likeness (QED) is 0.671. The van der Waals surface area contributed by atoms with E-state index in [1.54, 1.807) is 23.9 Å². The van der Waals surface area contributed by atoms with E-state index in [4.69, 9.17) is 21.4 Å². The molecule has 0 aliphatic carbocycles. The second-order valence-corrected chi connectivity index (χ2v) is 6.97. The van der Waals surface area contributed by atoms with Crippen LogP contribution >= 0.6 is 11.6 Å². The zero-order valence-corrected chi connectivity index (χ0v) is 15.8. The molecule has 0 atom stereocenters. The van der Waals surface area contributed by atoms with Gasteiger partial charge in [-0.15, -0.1) is 0 Å². The number of ether oxygens (including phenoxy) is 1. The van der Waals surface area contributed by atoms with Crippen molar-refractivity contribution in [2.75, 3.05) is 20.2 Å². The molecule has 1 aliphatic rings. The minimum atomic E-state index is 0.00379. The van der Waals surface area contributed by atoms with Crippen molar-refractivity contribution in [1.29, 1.82) is 0 Å². The van der Waals surface area contributed by atoms with Gasteiger partial charge in [0.05, 0.1) is 18.5 Å². The van der Waals surface area contributed by atoms with Crippen molar-refractivity contribution in [2.45, 2.75) is 12.8 Å². The average Bonchev–Trinajstić information content (AvgIpc) is 3.38. The van der Waals surface area contributed by atoms with Gasteiger partial charge in [0.1, 0.15) is 11.4 Å². The minimum Gasteiger partial charge on any atom is -0.497 e. The molecule has 1 saturated heterocycles. The van der Waals surface area contributed by atoms with Gasteiger partial charge in [0.25, 0.3) is 5.91 Å². The molecule has 1 amide bonds. The van der Waals surface area contributed by atoms with E-state index >= 15 is 0 Å². The molecule has 0 spiro atoms. The fourth-order valence-corrected chi connectivity index (χ4v) is 3.44. The highest BCUT2D eigenvalue weighted by Gasteiger charge is 2.25. The molecule has 1 aliphatic heterocycles. The van der Waals surface area contributed by atoms with Gasteiger partial charge in [0, 0.05) is 23.7 Å². The minimum absolute atomic E-state index is 0.00379. The van der Waals surface area contributed by atoms with Gasteiger partial charge < -0.3 is 9.64 Å². The van der Waals surface area contributed by atoms with E-state index < -0.39 is 0 Å². The van der Waals surface area contributed by atoms with Crippen LogP contribution in [0.3, 0.4) is 0 Å². The van der Waals surface area contributed by atoms with E-state index in [-0.39, 0.29) is 5.91 Å². The summed E-state index contributed by atoms with van der Waals surface area (Å²) in [5, 5.41) is 5.36. The van der Waals surface area contributed by atoms with Gasteiger partial charge >= 0.3 is 0 Å². The molecule has 2 aromatic carbocycles. The second kappa shape index (κ2) is 7.45. The Labute approximate surface area is 163 Å². The van der Waals surface area contributed by atoms with Gasteiger partial charge in [-0.2, -0.15) is 5.10 Å². The largest absolute Gasteiger partial charge is 0.497 e. The predicted octanol–water partition coefficient (Wildman–Crippen LogP) is 4.44. The Kier molecular flexibility index (Phi) is 4.86. The topological polar surface area (TPSA) is 47.4 Å². The van der Waals surface area contributed by atoms with Crippen LogP contribution in [-0.2, 0) is 0 Å². The molecule has 27 heavy (non-hydrogen) atoms. The van der Waals surface area contributed by atoms with E-state index in [2.05, 4.69) is 0 Å². The molecule has 4 rings (SSSR count). The van der Waals surface area contributed by atoms with Crippen LogP contribution < -0.4 is 4.74 Å². The van der Waals surface area contributed by atoms with Crippen molar-refractivity contribution >= 4 is 17.5 Å². The number of aromatic nitrogens is 2. The van der Waals surface area contributed by atoms with Gasteiger partial charge in [-0.1, -0.05) is 23.7 Å². The Bertz CT molecular complexity index is 960. The van der Waals surface area contributed by atoms with Gasteiger partial charge in [-0.05, 0) is 55.3 Å². The average molecular weight is 382 g/mol. The summed E-state index contributed by atoms with van der Waals surface area (Å²) in [7, 11) is 1.63. The number of nitrogens with zero attached hydrogens (tertiary/aromatic N) is 3. The number of hydrogen-bond acceptors (Lipinski definition) is 3. The van der Waals surface area contributed by atoms with E-state index in [1.807, 2.05) is 47.4 Å². The summed E-state index contributed by atoms with van der Waals surface area (Å²) in [4.78, 5) is 15.0. The highest BCUT2D eigenvalue weighted by atomic mass is 35.5. The summed E-state index contributed by atoms with van der Waals surface area (Å²) in [5.41, 5.74) is 2.98. The first-order valence-electron chi connectivity index (χ1n) is 8.95. The summed E-state index contributed by atoms with van der Waals surface area (Å²) in [6.07, 6.45) is 2.09. The zero-order chi connectivity index (χ0) is 18.8. The summed E-state index contributed by atoms with van der Waals surface area (Å²) < 4.78 is 7.02. The molecule has 6 heteroatoms. The molecule has 1 fully saturated rings. The smallest absolute Gasteiger partial charge is 0.272 e. The maximum atomic E-state index is 13.1. The number of carbonyl (C=O) groups is 1. The molecule has 0 N–H and O–H groups in total. The third kappa shape index (κ3) is 3.55. The van der Waals surface area contributed by atoms with Gasteiger partial charge in [0.2, 0.25) is 0 Å². The van der Waals surface area contributed by atoms with E-state index in [0.29, 0.717) is 10.7 Å². The third-order valence-electron chi connectivity index (χ3n) is 4.76. The first-order valence-corrected chi connectivity index (χ1v) is 9.33. The highest BCUT2D eigenvalue weighted by molar-refractivity contribution is 6.30. The number of carbonyl (C=O) groups excluding carboxylic acids is 1. The maximum Gasteiger partial charge on any atom is 0.272 e. The number of hydrogen-bond donors (Lipinski definition) is 0. The van der Waals surface area contributed by atoms with Crippen molar-refractivity contribution in [2.24, 2.45) is 0 Å². The lowest BCUT2D eigenvalue weighted by molar-refractivity contribution is 0.0784. The summed E-state index contributed by atoms with van der Waals surface area (Å²) in [6, 6.07) is 16.9. The molecule has 0 saturated carbocycles. The maximum absolute atomic E-state index is 13.1. The van der Waals surface area contributed by atoms with E-state index in [9.17, 15) is 4.79 Å². The molecule has 0 radical (unpaired) electrons. The number of methoxy groups -OCH3 is 1. The SMILES string of the molecule is COc1cccc(-c2cc(C(=O)N3CCCC3)n(-c3ccc(Cl)cc3)n2)c1. The Morgan fingerprint density at radius 3 is 2.52 bits per heavy atom. The number of halogens is 1. The summed E-state index contributed by atoms with van der Waals surface area (Å²) in [5.74, 6) is 0.755. The number of rotatable bonds is 4. The zero-order valence-electron chi connectivity index (χ0n) is 15.1. The number of likely N-dealkylation sites (tertiary alicyclic amines) is 1. The van der Waals surface area contributed by atoms with Crippen molar-refractivity contribution < 1.29 is 9.53 Å². The molecular formula is C21H20ClN3O2. The van der Waals surface area contributed by atoms with Crippen LogP contribution in [0, 0.1) is 0 Å². The molecule has 3 aromatic rings. The molecule has 1 aromatic heterocycles. The van der Waals surface area contributed by atoms with E-state index in [1.165, 1.54) is 0 Å². The van der Waals surface area contributed by atoms with Crippen LogP contribution in [-0.4, -0.2) is 40.8 Å². The van der Waals surface area contributed by atoms with Crippen LogP contribution in [0.5, 0.6) is 5.75 Å². The lowest BCUT2D eigenvalue weighted by Gasteiger charge is -2.16. The number of amides is 1. The van der Waals surface area contributed by atoms with Crippen LogP contribution in [0.25, 0.3) is 16.9 Å². The number of benzene rings is 2. The molecular weight excluding hydrogens is 362 g/mol. The second-order valence-electron chi connectivity index (χ2n) is 6.53. The Hall–Kier alpha value is -2.79. The van der Waals surface area contributed by atoms with Crippen LogP contribution in [0.15, 0.2) is 54.6 Å². The standard InChI is InChI=1S/C21H20ClN3O2/c1-27-18-6-4-5-15(13-18)19-14-20(21(26)24-11-2-3-12-24)25(23-19)17-9-7-16(22)8-10-17/h4-10,13-14H,2-3,11-12H2,1H3. The van der Waals surface area contributed by atoms with Crippen LogP contribution in [0.4, 0.5) is 0 Å². The third-order valence-corrected chi connectivity index (χ3v) is 5.01. The predicted molar refractivity (Wildman–Crippen MR) is 106 cm³/mol. The molecule has 138 valence electrons. The van der Waals surface area contributed by atoms with Crippen molar-refractivity contribution in [3.63, 3.8) is 0 Å². The van der Waals surface area contributed by atoms with Gasteiger partial charge in [-0.3, -0.25) is 4.79 Å². The first-order chi connectivity index (χ1) is 13.2. The van der Waals surface area contributed by atoms with Crippen molar-refractivity contribution in [1.82, 2.24) is 14.7 Å². The highest BCUT2D eigenvalue weighted by Crippen LogP contribution is 2.27. The molecule has 0 bridgehead atoms. The van der Waals surface area contributed by atoms with E-state index in [0.717, 1.165) is 48.6 Å². The van der Waals surface area contributed by atoms with Crippen molar-refractivity contribution in [3.8, 4) is 22.7 Å². The van der Waals surface area contributed by atoms with Crippen molar-refractivity contribution in [3.05, 3.63) is 65.3 Å². The lowest BCUT2D eigenvalue weighted by atomic mass is 10.1. The Balaban J connectivity index is 1.80. The fourth-order valence-electron chi connectivity index (χ4n) is 3.32. The normalized spacial score (nSPS) is 13.8. The van der Waals surface area contributed by atoms with Gasteiger partial charge in [-0.25, -0.2) is 4.68 Å².